The van der Waals surface area contributed by atoms with Gasteiger partial charge in [-0.25, -0.2) is 17.2 Å². The maximum atomic E-state index is 13.0. The first-order chi connectivity index (χ1) is 11.0. The lowest BCUT2D eigenvalue weighted by Gasteiger charge is -2.10. The van der Waals surface area contributed by atoms with Crippen molar-refractivity contribution >= 4 is 33.0 Å². The van der Waals surface area contributed by atoms with Gasteiger partial charge in [-0.1, -0.05) is 36.4 Å². The average molecular weight is 327 g/mol. The van der Waals surface area contributed by atoms with Crippen LogP contribution in [0.2, 0.25) is 0 Å². The van der Waals surface area contributed by atoms with Gasteiger partial charge in [0.25, 0.3) is 10.0 Å². The SMILES string of the molecule is O=C(O)/C=C/c1cc2ccccc2n1S(=O)(=O)c1ccccc1. The van der Waals surface area contributed by atoms with Gasteiger partial charge >= 0.3 is 5.97 Å². The number of hydrogen-bond acceptors (Lipinski definition) is 3. The van der Waals surface area contributed by atoms with E-state index in [9.17, 15) is 13.2 Å². The second kappa shape index (κ2) is 5.73. The zero-order valence-electron chi connectivity index (χ0n) is 12.0. The third-order valence-corrected chi connectivity index (χ3v) is 5.13. The summed E-state index contributed by atoms with van der Waals surface area (Å²) >= 11 is 0. The molecule has 0 aliphatic carbocycles. The predicted octanol–water partition coefficient (Wildman–Crippen LogP) is 2.98. The minimum absolute atomic E-state index is 0.145. The number of fused-ring (bicyclic) bond motifs is 1. The van der Waals surface area contributed by atoms with Crippen LogP contribution >= 0.6 is 0 Å². The van der Waals surface area contributed by atoms with Gasteiger partial charge in [-0.15, -0.1) is 0 Å². The number of nitrogens with zero attached hydrogens (tertiary/aromatic N) is 1. The van der Waals surface area contributed by atoms with Crippen LogP contribution in [0.4, 0.5) is 0 Å². The Morgan fingerprint density at radius 1 is 1.00 bits per heavy atom. The maximum Gasteiger partial charge on any atom is 0.328 e. The normalized spacial score (nSPS) is 12.0. The Hall–Kier alpha value is -2.86. The Morgan fingerprint density at radius 3 is 2.35 bits per heavy atom. The lowest BCUT2D eigenvalue weighted by Crippen LogP contribution is -2.14. The van der Waals surface area contributed by atoms with E-state index in [-0.39, 0.29) is 10.6 Å². The quantitative estimate of drug-likeness (QED) is 0.747. The molecule has 0 amide bonds. The average Bonchev–Trinajstić information content (AvgIpc) is 2.93. The lowest BCUT2D eigenvalue weighted by atomic mass is 10.2. The summed E-state index contributed by atoms with van der Waals surface area (Å²) in [7, 11) is -3.83. The smallest absolute Gasteiger partial charge is 0.328 e. The summed E-state index contributed by atoms with van der Waals surface area (Å²) < 4.78 is 27.1. The molecule has 116 valence electrons. The van der Waals surface area contributed by atoms with Crippen LogP contribution in [0, 0.1) is 0 Å². The molecule has 0 aliphatic heterocycles. The first-order valence-electron chi connectivity index (χ1n) is 6.82. The Kier molecular flexibility index (Phi) is 3.75. The molecule has 0 unspecified atom stereocenters. The third-order valence-electron chi connectivity index (χ3n) is 3.37. The molecule has 1 heterocycles. The van der Waals surface area contributed by atoms with Crippen LogP contribution in [-0.4, -0.2) is 23.5 Å². The number of carboxylic acid groups (broad SMARTS) is 1. The van der Waals surface area contributed by atoms with Crippen LogP contribution in [0.3, 0.4) is 0 Å². The predicted molar refractivity (Wildman–Crippen MR) is 87.6 cm³/mol. The van der Waals surface area contributed by atoms with Crippen molar-refractivity contribution < 1.29 is 18.3 Å². The van der Waals surface area contributed by atoms with E-state index < -0.39 is 16.0 Å². The number of aliphatic carboxylic acids is 1. The second-order valence-corrected chi connectivity index (χ2v) is 6.67. The number of benzene rings is 2. The van der Waals surface area contributed by atoms with Crippen molar-refractivity contribution in [2.75, 3.05) is 0 Å². The van der Waals surface area contributed by atoms with Crippen molar-refractivity contribution in [2.45, 2.75) is 4.90 Å². The number of carboxylic acids is 1. The van der Waals surface area contributed by atoms with Crippen molar-refractivity contribution in [3.05, 3.63) is 72.4 Å². The Bertz CT molecular complexity index is 1000. The molecule has 1 aromatic heterocycles. The number of para-hydroxylation sites is 1. The molecular weight excluding hydrogens is 314 g/mol. The molecule has 1 N–H and O–H groups in total. The first-order valence-corrected chi connectivity index (χ1v) is 8.26. The molecule has 3 aromatic rings. The highest BCUT2D eigenvalue weighted by atomic mass is 32.2. The van der Waals surface area contributed by atoms with Crippen molar-refractivity contribution in [3.63, 3.8) is 0 Å². The molecule has 0 saturated heterocycles. The van der Waals surface area contributed by atoms with Crippen LogP contribution in [0.15, 0.2) is 71.6 Å². The van der Waals surface area contributed by atoms with E-state index in [0.29, 0.717) is 5.52 Å². The van der Waals surface area contributed by atoms with Gasteiger partial charge < -0.3 is 5.11 Å². The second-order valence-electron chi connectivity index (χ2n) is 4.88. The summed E-state index contributed by atoms with van der Waals surface area (Å²) in [6.07, 6.45) is 2.20. The van der Waals surface area contributed by atoms with Gasteiger partial charge in [0.1, 0.15) is 0 Å². The number of carbonyl (C=O) groups is 1. The van der Waals surface area contributed by atoms with Gasteiger partial charge in [-0.3, -0.25) is 0 Å². The number of aromatic nitrogens is 1. The van der Waals surface area contributed by atoms with Gasteiger partial charge in [-0.05, 0) is 30.3 Å². The van der Waals surface area contributed by atoms with Gasteiger partial charge in [0.05, 0.1) is 16.1 Å². The molecule has 0 bridgehead atoms. The summed E-state index contributed by atoms with van der Waals surface area (Å²) in [5.41, 5.74) is 0.791. The fraction of sp³-hybridized carbons (Fsp3) is 0. The Morgan fingerprint density at radius 2 is 1.65 bits per heavy atom. The third kappa shape index (κ3) is 2.76. The summed E-state index contributed by atoms with van der Waals surface area (Å²) in [5, 5.41) is 9.53. The summed E-state index contributed by atoms with van der Waals surface area (Å²) in [6, 6.07) is 16.7. The highest BCUT2D eigenvalue weighted by Gasteiger charge is 2.21. The van der Waals surface area contributed by atoms with E-state index in [4.69, 9.17) is 5.11 Å². The number of hydrogen-bond donors (Lipinski definition) is 1. The zero-order valence-corrected chi connectivity index (χ0v) is 12.8. The zero-order chi connectivity index (χ0) is 16.4. The maximum absolute atomic E-state index is 13.0. The van der Waals surface area contributed by atoms with E-state index in [0.717, 1.165) is 15.4 Å². The van der Waals surface area contributed by atoms with Crippen molar-refractivity contribution in [1.82, 2.24) is 3.97 Å². The van der Waals surface area contributed by atoms with Crippen LogP contribution in [0.1, 0.15) is 5.69 Å². The topological polar surface area (TPSA) is 76.4 Å². The summed E-state index contributed by atoms with van der Waals surface area (Å²) in [5.74, 6) is -1.14. The van der Waals surface area contributed by atoms with Gasteiger partial charge in [0, 0.05) is 11.5 Å². The summed E-state index contributed by atoms with van der Waals surface area (Å²) in [4.78, 5) is 10.9. The molecule has 6 heteroatoms. The molecule has 0 saturated carbocycles. The van der Waals surface area contributed by atoms with E-state index in [2.05, 4.69) is 0 Å². The molecule has 23 heavy (non-hydrogen) atoms. The monoisotopic (exact) mass is 327 g/mol. The largest absolute Gasteiger partial charge is 0.478 e. The molecular formula is C17H13NO4S. The molecule has 0 aliphatic rings. The molecule has 0 atom stereocenters. The van der Waals surface area contributed by atoms with E-state index in [1.807, 2.05) is 0 Å². The molecule has 0 fully saturated rings. The first kappa shape index (κ1) is 15.1. The van der Waals surface area contributed by atoms with Gasteiger partial charge in [0.15, 0.2) is 0 Å². The van der Waals surface area contributed by atoms with Crippen molar-refractivity contribution in [1.29, 1.82) is 0 Å². The van der Waals surface area contributed by atoms with Crippen LogP contribution in [0.25, 0.3) is 17.0 Å². The molecule has 3 rings (SSSR count). The fourth-order valence-corrected chi connectivity index (χ4v) is 3.92. The molecule has 0 radical (unpaired) electrons. The fourth-order valence-electron chi connectivity index (χ4n) is 2.39. The van der Waals surface area contributed by atoms with Crippen LogP contribution < -0.4 is 0 Å². The molecule has 5 nitrogen and oxygen atoms in total. The summed E-state index contributed by atoms with van der Waals surface area (Å²) in [6.45, 7) is 0. The van der Waals surface area contributed by atoms with Crippen molar-refractivity contribution in [3.8, 4) is 0 Å². The molecule has 2 aromatic carbocycles. The van der Waals surface area contributed by atoms with Crippen LogP contribution in [0.5, 0.6) is 0 Å². The highest BCUT2D eigenvalue weighted by molar-refractivity contribution is 7.90. The minimum Gasteiger partial charge on any atom is -0.478 e. The minimum atomic E-state index is -3.83. The van der Waals surface area contributed by atoms with Crippen molar-refractivity contribution in [2.24, 2.45) is 0 Å². The number of rotatable bonds is 4. The van der Waals surface area contributed by atoms with E-state index >= 15 is 0 Å². The van der Waals surface area contributed by atoms with Gasteiger partial charge in [0.2, 0.25) is 0 Å². The highest BCUT2D eigenvalue weighted by Crippen LogP contribution is 2.26. The van der Waals surface area contributed by atoms with Crippen LogP contribution in [-0.2, 0) is 14.8 Å². The standard InChI is InChI=1S/C17H13NO4S/c19-17(20)11-10-14-12-13-6-4-5-9-16(13)18(14)23(21,22)15-7-2-1-3-8-15/h1-12H,(H,19,20)/b11-10+. The van der Waals surface area contributed by atoms with E-state index in [1.54, 1.807) is 48.5 Å². The Balaban J connectivity index is 2.31. The molecule has 0 spiro atoms. The lowest BCUT2D eigenvalue weighted by molar-refractivity contribution is -0.131. The van der Waals surface area contributed by atoms with E-state index in [1.165, 1.54) is 18.2 Å². The van der Waals surface area contributed by atoms with Gasteiger partial charge in [-0.2, -0.15) is 0 Å². The Labute approximate surface area is 133 Å².